The van der Waals surface area contributed by atoms with Crippen molar-refractivity contribution in [1.82, 2.24) is 0 Å². The monoisotopic (exact) mass is 408 g/mol. The predicted molar refractivity (Wildman–Crippen MR) is 91.0 cm³/mol. The lowest BCUT2D eigenvalue weighted by molar-refractivity contribution is -0.311. The van der Waals surface area contributed by atoms with Gasteiger partial charge in [0, 0.05) is 21.9 Å². The quantitative estimate of drug-likeness (QED) is 0.746. The second-order valence-electron chi connectivity index (χ2n) is 4.94. The van der Waals surface area contributed by atoms with Gasteiger partial charge < -0.3 is 15.2 Å². The number of halogens is 1. The molecule has 0 saturated carbocycles. The number of carbonyl (C=O) groups is 2. The molecule has 1 N–H and O–H groups in total. The molecule has 0 aliphatic carbocycles. The molecule has 2 aromatic rings. The van der Waals surface area contributed by atoms with Gasteiger partial charge in [0.15, 0.2) is 0 Å². The maximum Gasteiger partial charge on any atom is 0.225 e. The summed E-state index contributed by atoms with van der Waals surface area (Å²) in [4.78, 5) is 23.3. The maximum atomic E-state index is 12.1. The molecule has 0 radical (unpaired) electrons. The Balaban J connectivity index is 2.00. The van der Waals surface area contributed by atoms with Crippen molar-refractivity contribution in [2.75, 3.05) is 5.32 Å². The van der Waals surface area contributed by atoms with E-state index in [2.05, 4.69) is 27.9 Å². The van der Waals surface area contributed by atoms with E-state index in [0.29, 0.717) is 5.69 Å². The first kappa shape index (κ1) is 16.5. The molecule has 1 atom stereocenters. The van der Waals surface area contributed by atoms with Gasteiger partial charge in [0.05, 0.1) is 5.69 Å². The number of carboxylic acids is 1. The van der Waals surface area contributed by atoms with E-state index in [1.165, 1.54) is 0 Å². The summed E-state index contributed by atoms with van der Waals surface area (Å²) in [6.07, 6.45) is 0.171. The molecule has 22 heavy (non-hydrogen) atoms. The molecule has 0 bridgehead atoms. The third kappa shape index (κ3) is 4.84. The highest BCUT2D eigenvalue weighted by molar-refractivity contribution is 14.1. The number of nitrogens with one attached hydrogen (secondary N) is 1. The highest BCUT2D eigenvalue weighted by atomic mass is 127. The SMILES string of the molecule is O=C(C[C@@H](Cc1ccccc1)C(=O)[O-])Nc1ccccc1I. The van der Waals surface area contributed by atoms with E-state index < -0.39 is 11.9 Å². The first-order valence-corrected chi connectivity index (χ1v) is 7.93. The van der Waals surface area contributed by atoms with Gasteiger partial charge in [-0.05, 0) is 46.7 Å². The topological polar surface area (TPSA) is 69.2 Å². The third-order valence-electron chi connectivity index (χ3n) is 3.24. The van der Waals surface area contributed by atoms with Crippen LogP contribution in [0.15, 0.2) is 54.6 Å². The van der Waals surface area contributed by atoms with Crippen LogP contribution < -0.4 is 10.4 Å². The number of amides is 1. The Hall–Kier alpha value is -1.89. The van der Waals surface area contributed by atoms with Crippen molar-refractivity contribution in [3.8, 4) is 0 Å². The Bertz CT molecular complexity index is 658. The van der Waals surface area contributed by atoms with Crippen molar-refractivity contribution < 1.29 is 14.7 Å². The normalized spacial score (nSPS) is 11.7. The van der Waals surface area contributed by atoms with Crippen LogP contribution in [0.1, 0.15) is 12.0 Å². The fourth-order valence-corrected chi connectivity index (χ4v) is 2.65. The second kappa shape index (κ2) is 7.93. The van der Waals surface area contributed by atoms with E-state index in [1.807, 2.05) is 48.5 Å². The summed E-state index contributed by atoms with van der Waals surface area (Å²) in [5.41, 5.74) is 1.56. The molecule has 2 aromatic carbocycles. The largest absolute Gasteiger partial charge is 0.550 e. The van der Waals surface area contributed by atoms with Crippen molar-refractivity contribution in [2.24, 2.45) is 5.92 Å². The van der Waals surface area contributed by atoms with Gasteiger partial charge in [-0.3, -0.25) is 4.79 Å². The summed E-state index contributed by atoms with van der Waals surface area (Å²) in [6.45, 7) is 0. The number of benzene rings is 2. The van der Waals surface area contributed by atoms with Crippen LogP contribution in [0.5, 0.6) is 0 Å². The molecular weight excluding hydrogens is 393 g/mol. The predicted octanol–water partition coefficient (Wildman–Crippen LogP) is 2.23. The summed E-state index contributed by atoms with van der Waals surface area (Å²) in [5.74, 6) is -2.38. The molecule has 0 aromatic heterocycles. The first-order valence-electron chi connectivity index (χ1n) is 6.85. The summed E-state index contributed by atoms with van der Waals surface area (Å²) in [7, 11) is 0. The number of hydrogen-bond acceptors (Lipinski definition) is 3. The van der Waals surface area contributed by atoms with Crippen molar-refractivity contribution >= 4 is 40.2 Å². The van der Waals surface area contributed by atoms with E-state index in [-0.39, 0.29) is 18.7 Å². The van der Waals surface area contributed by atoms with E-state index in [9.17, 15) is 14.7 Å². The molecule has 0 spiro atoms. The number of para-hydroxylation sites is 1. The minimum atomic E-state index is -1.21. The number of hydrogen-bond donors (Lipinski definition) is 1. The van der Waals surface area contributed by atoms with Crippen molar-refractivity contribution in [3.63, 3.8) is 0 Å². The molecule has 0 saturated heterocycles. The summed E-state index contributed by atoms with van der Waals surface area (Å²) < 4.78 is 0.904. The van der Waals surface area contributed by atoms with Crippen LogP contribution in [-0.2, 0) is 16.0 Å². The van der Waals surface area contributed by atoms with Gasteiger partial charge in [-0.25, -0.2) is 0 Å². The van der Waals surface area contributed by atoms with Gasteiger partial charge in [-0.1, -0.05) is 42.5 Å². The smallest absolute Gasteiger partial charge is 0.225 e. The number of aliphatic carboxylic acids is 1. The van der Waals surface area contributed by atoms with Gasteiger partial charge in [0.2, 0.25) is 5.91 Å². The fourth-order valence-electron chi connectivity index (χ4n) is 2.13. The highest BCUT2D eigenvalue weighted by Crippen LogP contribution is 2.18. The Morgan fingerprint density at radius 2 is 1.68 bits per heavy atom. The number of carbonyl (C=O) groups excluding carboxylic acids is 2. The van der Waals surface area contributed by atoms with Gasteiger partial charge >= 0.3 is 0 Å². The zero-order valence-electron chi connectivity index (χ0n) is 11.8. The maximum absolute atomic E-state index is 12.1. The van der Waals surface area contributed by atoms with Crippen LogP contribution in [0.3, 0.4) is 0 Å². The Labute approximate surface area is 142 Å². The summed E-state index contributed by atoms with van der Waals surface area (Å²) in [6, 6.07) is 16.6. The molecular formula is C17H15INO3-. The lowest BCUT2D eigenvalue weighted by Crippen LogP contribution is -2.35. The molecule has 0 aliphatic heterocycles. The summed E-state index contributed by atoms with van der Waals surface area (Å²) >= 11 is 2.12. The van der Waals surface area contributed by atoms with Crippen molar-refractivity contribution in [1.29, 1.82) is 0 Å². The minimum absolute atomic E-state index is 0.109. The van der Waals surface area contributed by atoms with Crippen molar-refractivity contribution in [2.45, 2.75) is 12.8 Å². The van der Waals surface area contributed by atoms with Crippen LogP contribution in [0, 0.1) is 9.49 Å². The van der Waals surface area contributed by atoms with Crippen LogP contribution in [0.4, 0.5) is 5.69 Å². The van der Waals surface area contributed by atoms with Crippen LogP contribution in [0.2, 0.25) is 0 Å². The highest BCUT2D eigenvalue weighted by Gasteiger charge is 2.16. The van der Waals surface area contributed by atoms with Crippen molar-refractivity contribution in [3.05, 3.63) is 63.7 Å². The molecule has 0 unspecified atom stereocenters. The lowest BCUT2D eigenvalue weighted by atomic mass is 9.96. The molecule has 5 heteroatoms. The molecule has 114 valence electrons. The van der Waals surface area contributed by atoms with Gasteiger partial charge in [0.1, 0.15) is 0 Å². The standard InChI is InChI=1S/C17H16INO3/c18-14-8-4-5-9-15(14)19-16(20)11-13(17(21)22)10-12-6-2-1-3-7-12/h1-9,13H,10-11H2,(H,19,20)(H,21,22)/p-1/t13-/m1/s1. The Morgan fingerprint density at radius 1 is 1.05 bits per heavy atom. The summed E-state index contributed by atoms with van der Waals surface area (Å²) in [5, 5.41) is 14.0. The van der Waals surface area contributed by atoms with Crippen LogP contribution in [-0.4, -0.2) is 11.9 Å². The Morgan fingerprint density at radius 3 is 2.32 bits per heavy atom. The van der Waals surface area contributed by atoms with Gasteiger partial charge in [-0.15, -0.1) is 0 Å². The number of carboxylic acid groups (broad SMARTS) is 1. The van der Waals surface area contributed by atoms with E-state index in [1.54, 1.807) is 6.07 Å². The van der Waals surface area contributed by atoms with E-state index >= 15 is 0 Å². The second-order valence-corrected chi connectivity index (χ2v) is 6.10. The third-order valence-corrected chi connectivity index (χ3v) is 4.18. The van der Waals surface area contributed by atoms with E-state index in [4.69, 9.17) is 0 Å². The van der Waals surface area contributed by atoms with Crippen LogP contribution >= 0.6 is 22.6 Å². The molecule has 0 aliphatic rings. The minimum Gasteiger partial charge on any atom is -0.550 e. The lowest BCUT2D eigenvalue weighted by Gasteiger charge is -2.18. The van der Waals surface area contributed by atoms with Gasteiger partial charge in [-0.2, -0.15) is 0 Å². The molecule has 4 nitrogen and oxygen atoms in total. The first-order chi connectivity index (χ1) is 10.6. The molecule has 1 amide bonds. The van der Waals surface area contributed by atoms with Gasteiger partial charge in [0.25, 0.3) is 0 Å². The zero-order chi connectivity index (χ0) is 15.9. The molecule has 2 rings (SSSR count). The average Bonchev–Trinajstić information content (AvgIpc) is 2.50. The fraction of sp³-hybridized carbons (Fsp3) is 0.176. The van der Waals surface area contributed by atoms with E-state index in [0.717, 1.165) is 9.13 Å². The Kier molecular flexibility index (Phi) is 5.94. The molecule has 0 heterocycles. The zero-order valence-corrected chi connectivity index (χ0v) is 13.9. The number of anilines is 1. The average molecular weight is 408 g/mol. The van der Waals surface area contributed by atoms with Crippen LogP contribution in [0.25, 0.3) is 0 Å². The molecule has 0 fully saturated rings. The number of rotatable bonds is 6.